The normalized spacial score (nSPS) is 12.5. The third kappa shape index (κ3) is 9.39. The number of benzene rings is 9. The lowest BCUT2D eigenvalue weighted by Gasteiger charge is -2.29. The highest BCUT2D eigenvalue weighted by Gasteiger charge is 2.36. The zero-order valence-electron chi connectivity index (χ0n) is 51.8. The lowest BCUT2D eigenvalue weighted by Crippen LogP contribution is -2.14. The fourth-order valence-electron chi connectivity index (χ4n) is 12.7. The van der Waals surface area contributed by atoms with E-state index in [1.54, 1.807) is 0 Å². The molecule has 6 heteroatoms. The number of aryl methyl sites for hydroxylation is 4. The van der Waals surface area contributed by atoms with E-state index in [4.69, 9.17) is 15.0 Å². The molecule has 0 radical (unpaired) electrons. The van der Waals surface area contributed by atoms with Crippen LogP contribution >= 0.6 is 0 Å². The number of nitrogens with zero attached hydrogens (tertiary/aromatic N) is 6. The minimum Gasteiger partial charge on any atom is -0.308 e. The number of fused-ring (bicyclic) bond motifs is 6. The van der Waals surface area contributed by atoms with Crippen LogP contribution in [-0.2, 0) is 21.7 Å². The summed E-state index contributed by atoms with van der Waals surface area (Å²) in [7, 11) is 0. The van der Waals surface area contributed by atoms with Crippen molar-refractivity contribution in [2.45, 2.75) is 132 Å². The molecule has 0 unspecified atom stereocenters. The molecule has 0 atom stereocenters. The van der Waals surface area contributed by atoms with E-state index in [2.05, 4.69) is 259 Å². The summed E-state index contributed by atoms with van der Waals surface area (Å²) in [4.78, 5) is 16.8. The molecule has 3 aromatic heterocycles. The average Bonchev–Trinajstić information content (AvgIpc) is 1.34. The van der Waals surface area contributed by atoms with Crippen LogP contribution in [0.4, 0.5) is 0 Å². The SMILES string of the molecule is Cc1cccc(C)c1-c1c(C#N)c(-n2c3ccc(C(C)(C)C)cc3c3cc(C(C)(C)C)ccc32)c(-c2c(C)cccc2C)c(-n2c3ccc(C(C)(C)C)cc3c3cc(C(C)(C)C)ccc32)c1-c1nc(-c2ccccc2)nc(-c2ccccc2)n1. The molecule has 0 saturated carbocycles. The number of rotatable bonds is 7. The minimum absolute atomic E-state index is 0.131. The van der Waals surface area contributed by atoms with Gasteiger partial charge in [0.25, 0.3) is 0 Å². The van der Waals surface area contributed by atoms with Crippen LogP contribution < -0.4 is 0 Å². The second-order valence-electron chi connectivity index (χ2n) is 27.5. The van der Waals surface area contributed by atoms with Crippen LogP contribution in [0.2, 0.25) is 0 Å². The topological polar surface area (TPSA) is 72.3 Å². The molecule has 12 rings (SSSR count). The molecule has 0 bridgehead atoms. The van der Waals surface area contributed by atoms with Crippen molar-refractivity contribution in [3.8, 4) is 73.9 Å². The Bertz CT molecular complexity index is 4430. The second kappa shape index (κ2) is 20.2. The highest BCUT2D eigenvalue weighted by Crippen LogP contribution is 2.54. The van der Waals surface area contributed by atoms with Gasteiger partial charge in [-0.25, -0.2) is 15.0 Å². The van der Waals surface area contributed by atoms with Crippen molar-refractivity contribution in [1.82, 2.24) is 24.1 Å². The Kier molecular flexibility index (Phi) is 13.3. The van der Waals surface area contributed by atoms with Gasteiger partial charge in [0.1, 0.15) is 6.07 Å². The fraction of sp³-hybridized carbons (Fsp3) is 0.256. The summed E-state index contributed by atoms with van der Waals surface area (Å²) in [6.07, 6.45) is 0. The van der Waals surface area contributed by atoms with Gasteiger partial charge in [-0.2, -0.15) is 5.26 Å². The third-order valence-electron chi connectivity index (χ3n) is 17.4. The molecule has 0 aliphatic carbocycles. The molecule has 418 valence electrons. The summed E-state index contributed by atoms with van der Waals surface area (Å²) in [6, 6.07) is 64.7. The summed E-state index contributed by atoms with van der Waals surface area (Å²) in [5.41, 5.74) is 21.1. The van der Waals surface area contributed by atoms with Gasteiger partial charge in [0.2, 0.25) is 0 Å². The van der Waals surface area contributed by atoms with Crippen molar-refractivity contribution >= 4 is 43.6 Å². The fourth-order valence-corrected chi connectivity index (χ4v) is 12.7. The van der Waals surface area contributed by atoms with E-state index >= 15 is 0 Å². The maximum absolute atomic E-state index is 12.9. The first kappa shape index (κ1) is 55.6. The van der Waals surface area contributed by atoms with Crippen LogP contribution in [-0.4, -0.2) is 24.1 Å². The van der Waals surface area contributed by atoms with E-state index in [0.29, 0.717) is 23.0 Å². The van der Waals surface area contributed by atoms with Gasteiger partial charge in [-0.15, -0.1) is 0 Å². The zero-order valence-corrected chi connectivity index (χ0v) is 51.8. The molecular weight excluding hydrogens is 1020 g/mol. The van der Waals surface area contributed by atoms with Gasteiger partial charge < -0.3 is 9.13 Å². The first-order valence-corrected chi connectivity index (χ1v) is 29.7. The molecule has 84 heavy (non-hydrogen) atoms. The first-order valence-electron chi connectivity index (χ1n) is 29.7. The van der Waals surface area contributed by atoms with Crippen LogP contribution in [0.5, 0.6) is 0 Å². The minimum atomic E-state index is -0.140. The molecule has 6 nitrogen and oxygen atoms in total. The largest absolute Gasteiger partial charge is 0.308 e. The van der Waals surface area contributed by atoms with Gasteiger partial charge in [0.15, 0.2) is 17.5 Å². The van der Waals surface area contributed by atoms with E-state index in [-0.39, 0.29) is 21.7 Å². The quantitative estimate of drug-likeness (QED) is 0.159. The number of aromatic nitrogens is 5. The molecule has 12 aromatic rings. The van der Waals surface area contributed by atoms with Gasteiger partial charge >= 0.3 is 0 Å². The second-order valence-corrected chi connectivity index (χ2v) is 27.5. The van der Waals surface area contributed by atoms with Crippen LogP contribution in [0, 0.1) is 39.0 Å². The van der Waals surface area contributed by atoms with Crippen molar-refractivity contribution in [3.63, 3.8) is 0 Å². The van der Waals surface area contributed by atoms with E-state index in [1.165, 1.54) is 22.3 Å². The molecule has 3 heterocycles. The lowest BCUT2D eigenvalue weighted by atomic mass is 9.81. The Balaban J connectivity index is 1.45. The molecule has 0 aliphatic rings. The monoisotopic (exact) mass is 1100 g/mol. The standard InChI is InChI=1S/C78H76N6/c1-46-25-23-26-47(2)65(46)67-60(45-79)70(83-61-37-33-52(75(5,6)7)41-56(61)57-42-53(76(8,9)10)34-38-62(57)83)68(66-48(3)27-24-28-49(66)4)71(69(67)74-81-72(50-29-19-17-20-30-50)80-73(82-74)51-31-21-18-22-32-51)84-63-39-35-54(77(11,12)13)43-58(63)59-44-55(78(14,15)16)36-40-64(59)84/h17-44H,1-16H3. The van der Waals surface area contributed by atoms with Crippen LogP contribution in [0.15, 0.2) is 170 Å². The molecule has 9 aromatic carbocycles. The number of nitriles is 1. The van der Waals surface area contributed by atoms with Gasteiger partial charge in [-0.05, 0) is 154 Å². The Morgan fingerprint density at radius 1 is 0.321 bits per heavy atom. The molecule has 0 spiro atoms. The van der Waals surface area contributed by atoms with Crippen LogP contribution in [0.1, 0.15) is 133 Å². The van der Waals surface area contributed by atoms with Gasteiger partial charge in [0, 0.05) is 43.8 Å². The predicted octanol–water partition coefficient (Wildman–Crippen LogP) is 20.7. The first-order chi connectivity index (χ1) is 39.8. The predicted molar refractivity (Wildman–Crippen MR) is 354 cm³/mol. The van der Waals surface area contributed by atoms with Crippen molar-refractivity contribution in [3.05, 3.63) is 220 Å². The van der Waals surface area contributed by atoms with E-state index in [0.717, 1.165) is 116 Å². The highest BCUT2D eigenvalue weighted by molar-refractivity contribution is 6.16. The van der Waals surface area contributed by atoms with Crippen molar-refractivity contribution in [2.24, 2.45) is 0 Å². The summed E-state index contributed by atoms with van der Waals surface area (Å²) >= 11 is 0. The summed E-state index contributed by atoms with van der Waals surface area (Å²) in [5, 5.41) is 17.5. The van der Waals surface area contributed by atoms with E-state index in [1.807, 2.05) is 36.4 Å². The Morgan fingerprint density at radius 3 is 0.952 bits per heavy atom. The van der Waals surface area contributed by atoms with Crippen molar-refractivity contribution in [2.75, 3.05) is 0 Å². The van der Waals surface area contributed by atoms with E-state index < -0.39 is 0 Å². The maximum atomic E-state index is 12.9. The zero-order chi connectivity index (χ0) is 59.5. The summed E-state index contributed by atoms with van der Waals surface area (Å²) < 4.78 is 4.95. The van der Waals surface area contributed by atoms with Crippen molar-refractivity contribution in [1.29, 1.82) is 5.26 Å². The maximum Gasteiger partial charge on any atom is 0.166 e. The summed E-state index contributed by atoms with van der Waals surface area (Å²) in [5.74, 6) is 1.53. The molecule has 0 aliphatic heterocycles. The van der Waals surface area contributed by atoms with Crippen LogP contribution in [0.3, 0.4) is 0 Å². The molecule has 0 amide bonds. The van der Waals surface area contributed by atoms with Gasteiger partial charge in [-0.3, -0.25) is 0 Å². The summed E-state index contributed by atoms with van der Waals surface area (Å²) in [6.45, 7) is 36.3. The highest BCUT2D eigenvalue weighted by atomic mass is 15.1. The van der Waals surface area contributed by atoms with Crippen LogP contribution in [0.25, 0.3) is 111 Å². The van der Waals surface area contributed by atoms with Crippen molar-refractivity contribution < 1.29 is 0 Å². The number of hydrogen-bond acceptors (Lipinski definition) is 4. The third-order valence-corrected chi connectivity index (χ3v) is 17.4. The Morgan fingerprint density at radius 2 is 0.631 bits per heavy atom. The molecule has 0 fully saturated rings. The molecule has 0 saturated heterocycles. The number of hydrogen-bond donors (Lipinski definition) is 0. The molecular formula is C78H76N6. The van der Waals surface area contributed by atoms with E-state index in [9.17, 15) is 5.26 Å². The van der Waals surface area contributed by atoms with Gasteiger partial charge in [0.05, 0.1) is 44.6 Å². The Labute approximate surface area is 496 Å². The van der Waals surface area contributed by atoms with Gasteiger partial charge in [-0.1, -0.05) is 204 Å². The average molecular weight is 1100 g/mol. The Hall–Kier alpha value is -8.92. The lowest BCUT2D eigenvalue weighted by molar-refractivity contribution is 0.590. The smallest absolute Gasteiger partial charge is 0.166 e. The molecule has 0 N–H and O–H groups in total.